The zero-order valence-corrected chi connectivity index (χ0v) is 14.3. The summed E-state index contributed by atoms with van der Waals surface area (Å²) in [6.45, 7) is 1.84. The van der Waals surface area contributed by atoms with Crippen LogP contribution in [0.5, 0.6) is 0 Å². The van der Waals surface area contributed by atoms with Crippen molar-refractivity contribution >= 4 is 17.8 Å². The zero-order chi connectivity index (χ0) is 18.5. The van der Waals surface area contributed by atoms with Crippen molar-refractivity contribution < 1.29 is 14.7 Å². The quantitative estimate of drug-likeness (QED) is 0.527. The molecule has 0 aliphatic carbocycles. The lowest BCUT2D eigenvalue weighted by molar-refractivity contribution is -0.131. The zero-order valence-electron chi connectivity index (χ0n) is 14.3. The number of H-pyrrole nitrogens is 1. The second-order valence-electron chi connectivity index (χ2n) is 5.94. The molecule has 0 fully saturated rings. The molecule has 3 rings (SSSR count). The molecule has 0 saturated heterocycles. The number of aliphatic carboxylic acids is 1. The predicted molar refractivity (Wildman–Crippen MR) is 99.1 cm³/mol. The highest BCUT2D eigenvalue weighted by Gasteiger charge is 2.16. The summed E-state index contributed by atoms with van der Waals surface area (Å²) in [7, 11) is 0. The van der Waals surface area contributed by atoms with E-state index in [0.29, 0.717) is 17.7 Å². The van der Waals surface area contributed by atoms with Gasteiger partial charge in [-0.25, -0.2) is 9.78 Å². The number of carbonyl (C=O) groups is 2. The third-order valence-corrected chi connectivity index (χ3v) is 3.95. The molecule has 0 aliphatic heterocycles. The number of rotatable bonds is 6. The highest BCUT2D eigenvalue weighted by Crippen LogP contribution is 2.15. The number of hydrogen-bond acceptors (Lipinski definition) is 3. The first-order chi connectivity index (χ1) is 12.5. The van der Waals surface area contributed by atoms with E-state index in [0.717, 1.165) is 28.7 Å². The van der Waals surface area contributed by atoms with Crippen LogP contribution >= 0.6 is 0 Å². The molecule has 0 spiro atoms. The molecule has 0 saturated carbocycles. The molecular formula is C21H18N2O3. The first kappa shape index (κ1) is 17.4. The molecule has 0 amide bonds. The normalized spacial score (nSPS) is 11.0. The van der Waals surface area contributed by atoms with E-state index in [4.69, 9.17) is 5.11 Å². The van der Waals surface area contributed by atoms with Crippen molar-refractivity contribution in [3.05, 3.63) is 94.6 Å². The van der Waals surface area contributed by atoms with Crippen LogP contribution in [-0.2, 0) is 11.2 Å². The van der Waals surface area contributed by atoms with Crippen molar-refractivity contribution in [3.63, 3.8) is 0 Å². The third kappa shape index (κ3) is 4.13. The summed E-state index contributed by atoms with van der Waals surface area (Å²) in [6, 6.07) is 16.6. The lowest BCUT2D eigenvalue weighted by atomic mass is 10.1. The number of nitrogens with one attached hydrogen (secondary N) is 1. The SMILES string of the molecule is Cc1[nH]c(Cc2ccc(/C=C/C(=O)O)cc2)nc1C(=O)c1ccccc1. The summed E-state index contributed by atoms with van der Waals surface area (Å²) in [5.74, 6) is -0.355. The van der Waals surface area contributed by atoms with Crippen LogP contribution in [0.25, 0.3) is 6.08 Å². The van der Waals surface area contributed by atoms with E-state index >= 15 is 0 Å². The summed E-state index contributed by atoms with van der Waals surface area (Å²) in [5.41, 5.74) is 3.63. The van der Waals surface area contributed by atoms with Crippen molar-refractivity contribution in [1.82, 2.24) is 9.97 Å². The highest BCUT2D eigenvalue weighted by molar-refractivity contribution is 6.08. The van der Waals surface area contributed by atoms with Crippen molar-refractivity contribution in [2.45, 2.75) is 13.3 Å². The summed E-state index contributed by atoms with van der Waals surface area (Å²) >= 11 is 0. The fourth-order valence-corrected chi connectivity index (χ4v) is 2.66. The molecule has 1 heterocycles. The van der Waals surface area contributed by atoms with Crippen LogP contribution in [0.3, 0.4) is 0 Å². The Balaban J connectivity index is 1.75. The molecule has 0 atom stereocenters. The van der Waals surface area contributed by atoms with Crippen LogP contribution in [-0.4, -0.2) is 26.8 Å². The molecule has 26 heavy (non-hydrogen) atoms. The second-order valence-corrected chi connectivity index (χ2v) is 5.94. The molecule has 0 unspecified atom stereocenters. The standard InChI is InChI=1S/C21H18N2O3/c1-14-20(21(26)17-5-3-2-4-6-17)23-18(22-14)13-16-9-7-15(8-10-16)11-12-19(24)25/h2-12H,13H2,1H3,(H,22,23)(H,24,25)/b12-11+. The van der Waals surface area contributed by atoms with E-state index in [9.17, 15) is 9.59 Å². The van der Waals surface area contributed by atoms with Gasteiger partial charge in [0.2, 0.25) is 5.78 Å². The lowest BCUT2D eigenvalue weighted by Crippen LogP contribution is -2.03. The third-order valence-electron chi connectivity index (χ3n) is 3.95. The summed E-state index contributed by atoms with van der Waals surface area (Å²) in [6.07, 6.45) is 3.21. The summed E-state index contributed by atoms with van der Waals surface area (Å²) in [4.78, 5) is 30.8. The first-order valence-electron chi connectivity index (χ1n) is 8.18. The Bertz CT molecular complexity index is 955. The van der Waals surface area contributed by atoms with E-state index in [2.05, 4.69) is 9.97 Å². The number of nitrogens with zero attached hydrogens (tertiary/aromatic N) is 1. The first-order valence-corrected chi connectivity index (χ1v) is 8.18. The molecule has 3 aromatic rings. The number of aromatic nitrogens is 2. The van der Waals surface area contributed by atoms with Gasteiger partial charge in [0.25, 0.3) is 0 Å². The molecule has 0 bridgehead atoms. The smallest absolute Gasteiger partial charge is 0.328 e. The van der Waals surface area contributed by atoms with E-state index in [1.54, 1.807) is 18.2 Å². The van der Waals surface area contributed by atoms with Gasteiger partial charge < -0.3 is 10.1 Å². The fraction of sp³-hybridized carbons (Fsp3) is 0.0952. The minimum atomic E-state index is -0.976. The molecule has 5 heteroatoms. The molecule has 1 aromatic heterocycles. The fourth-order valence-electron chi connectivity index (χ4n) is 2.66. The maximum absolute atomic E-state index is 12.6. The number of ketones is 1. The van der Waals surface area contributed by atoms with Crippen LogP contribution in [0.2, 0.25) is 0 Å². The Morgan fingerprint density at radius 2 is 1.77 bits per heavy atom. The van der Waals surface area contributed by atoms with Crippen molar-refractivity contribution in [3.8, 4) is 0 Å². The highest BCUT2D eigenvalue weighted by atomic mass is 16.4. The Hall–Kier alpha value is -3.47. The van der Waals surface area contributed by atoms with Crippen LogP contribution in [0.1, 0.15) is 38.7 Å². The van der Waals surface area contributed by atoms with Gasteiger partial charge in [-0.3, -0.25) is 4.79 Å². The molecule has 2 N–H and O–H groups in total. The van der Waals surface area contributed by atoms with E-state index < -0.39 is 5.97 Å². The van der Waals surface area contributed by atoms with E-state index in [-0.39, 0.29) is 5.78 Å². The largest absolute Gasteiger partial charge is 0.478 e. The molecule has 0 radical (unpaired) electrons. The number of carbonyl (C=O) groups excluding carboxylic acids is 1. The number of carboxylic acid groups (broad SMARTS) is 1. The molecular weight excluding hydrogens is 328 g/mol. The van der Waals surface area contributed by atoms with Gasteiger partial charge in [0.15, 0.2) is 0 Å². The monoisotopic (exact) mass is 346 g/mol. The minimum Gasteiger partial charge on any atom is -0.478 e. The number of imidazole rings is 1. The minimum absolute atomic E-state index is 0.0974. The molecule has 5 nitrogen and oxygen atoms in total. The van der Waals surface area contributed by atoms with E-state index in [1.807, 2.05) is 49.4 Å². The van der Waals surface area contributed by atoms with E-state index in [1.165, 1.54) is 0 Å². The summed E-state index contributed by atoms with van der Waals surface area (Å²) in [5, 5.41) is 8.65. The van der Waals surface area contributed by atoms with Gasteiger partial charge >= 0.3 is 5.97 Å². The molecule has 0 aliphatic rings. The van der Waals surface area contributed by atoms with Crippen LogP contribution < -0.4 is 0 Å². The van der Waals surface area contributed by atoms with Crippen molar-refractivity contribution in [2.24, 2.45) is 0 Å². The van der Waals surface area contributed by atoms with Gasteiger partial charge in [-0.15, -0.1) is 0 Å². The summed E-state index contributed by atoms with van der Waals surface area (Å²) < 4.78 is 0. The number of benzene rings is 2. The average Bonchev–Trinajstić information content (AvgIpc) is 3.01. The van der Waals surface area contributed by atoms with Gasteiger partial charge in [-0.2, -0.15) is 0 Å². The topological polar surface area (TPSA) is 83.1 Å². The Kier molecular flexibility index (Phi) is 5.08. The van der Waals surface area contributed by atoms with Gasteiger partial charge in [0.05, 0.1) is 0 Å². The Morgan fingerprint density at radius 3 is 2.42 bits per heavy atom. The van der Waals surface area contributed by atoms with Gasteiger partial charge in [0, 0.05) is 23.8 Å². The number of aryl methyl sites for hydroxylation is 1. The Labute approximate surface area is 151 Å². The molecule has 2 aromatic carbocycles. The van der Waals surface area contributed by atoms with Crippen molar-refractivity contribution in [2.75, 3.05) is 0 Å². The molecule has 130 valence electrons. The maximum Gasteiger partial charge on any atom is 0.328 e. The Morgan fingerprint density at radius 1 is 1.08 bits per heavy atom. The van der Waals surface area contributed by atoms with Gasteiger partial charge in [-0.05, 0) is 24.1 Å². The van der Waals surface area contributed by atoms with Crippen LogP contribution in [0.4, 0.5) is 0 Å². The lowest BCUT2D eigenvalue weighted by Gasteiger charge is -2.00. The van der Waals surface area contributed by atoms with Crippen molar-refractivity contribution in [1.29, 1.82) is 0 Å². The predicted octanol–water partition coefficient (Wildman–Crippen LogP) is 3.64. The van der Waals surface area contributed by atoms with Gasteiger partial charge in [-0.1, -0.05) is 54.6 Å². The average molecular weight is 346 g/mol. The maximum atomic E-state index is 12.6. The van der Waals surface area contributed by atoms with Crippen LogP contribution in [0.15, 0.2) is 60.7 Å². The number of aromatic amines is 1. The number of carboxylic acids is 1. The second kappa shape index (κ2) is 7.61. The van der Waals surface area contributed by atoms with Gasteiger partial charge in [0.1, 0.15) is 11.5 Å². The van der Waals surface area contributed by atoms with Crippen LogP contribution in [0, 0.1) is 6.92 Å². The number of hydrogen-bond donors (Lipinski definition) is 2.